The summed E-state index contributed by atoms with van der Waals surface area (Å²) in [5, 5.41) is 0. The van der Waals surface area contributed by atoms with E-state index in [9.17, 15) is 4.79 Å². The van der Waals surface area contributed by atoms with Gasteiger partial charge in [-0.2, -0.15) is 0 Å². The first-order valence-electron chi connectivity index (χ1n) is 11.5. The number of aryl methyl sites for hydroxylation is 1. The minimum absolute atomic E-state index is 0.0941. The van der Waals surface area contributed by atoms with Crippen LogP contribution in [0, 0.1) is 6.92 Å². The topological polar surface area (TPSA) is 42.4 Å². The zero-order valence-corrected chi connectivity index (χ0v) is 18.2. The van der Waals surface area contributed by atoms with E-state index < -0.39 is 0 Å². The van der Waals surface area contributed by atoms with E-state index in [0.29, 0.717) is 6.61 Å². The fraction of sp³-hybridized carbons (Fsp3) is 0.286. The second-order valence-electron chi connectivity index (χ2n) is 9.13. The monoisotopic (exact) mass is 422 g/mol. The normalized spacial score (nSPS) is 21.2. The van der Waals surface area contributed by atoms with Gasteiger partial charge in [0.2, 0.25) is 0 Å². The third kappa shape index (κ3) is 3.13. The number of carbonyl (C=O) groups is 1. The number of aromatic nitrogens is 1. The molecular formula is C28H26N2O2. The molecule has 2 aromatic carbocycles. The minimum Gasteiger partial charge on any atom is -0.448 e. The largest absolute Gasteiger partial charge is 0.448 e. The number of hydrogen-bond acceptors (Lipinski definition) is 3. The Balaban J connectivity index is 1.20. The zero-order chi connectivity index (χ0) is 21.7. The first-order valence-corrected chi connectivity index (χ1v) is 11.5. The number of rotatable bonds is 3. The number of hydrogen-bond donors (Lipinski definition) is 0. The molecule has 4 heteroatoms. The van der Waals surface area contributed by atoms with Crippen LogP contribution in [0.25, 0.3) is 16.7 Å². The Labute approximate surface area is 188 Å². The van der Waals surface area contributed by atoms with E-state index in [4.69, 9.17) is 4.74 Å². The van der Waals surface area contributed by atoms with Gasteiger partial charge >= 0.3 is 6.09 Å². The second kappa shape index (κ2) is 7.63. The fourth-order valence-corrected chi connectivity index (χ4v) is 5.63. The van der Waals surface area contributed by atoms with Crippen molar-refractivity contribution in [3.8, 4) is 11.1 Å². The van der Waals surface area contributed by atoms with Gasteiger partial charge in [0.25, 0.3) is 0 Å². The molecule has 32 heavy (non-hydrogen) atoms. The lowest BCUT2D eigenvalue weighted by Gasteiger charge is -2.33. The SMILES string of the molecule is Cc1ccc(C2=CC3CCC(C2)N3C(=O)OCC2c3ccccc3-c3ccccc32)nc1. The van der Waals surface area contributed by atoms with E-state index in [2.05, 4.69) is 78.6 Å². The van der Waals surface area contributed by atoms with Gasteiger partial charge in [0.05, 0.1) is 11.7 Å². The number of carbonyl (C=O) groups excluding carboxylic acids is 1. The van der Waals surface area contributed by atoms with Crippen molar-refractivity contribution < 1.29 is 9.53 Å². The molecule has 0 N–H and O–H groups in total. The van der Waals surface area contributed by atoms with Crippen LogP contribution >= 0.6 is 0 Å². The molecule has 3 aromatic rings. The highest BCUT2D eigenvalue weighted by molar-refractivity contribution is 5.79. The van der Waals surface area contributed by atoms with Crippen molar-refractivity contribution in [2.24, 2.45) is 0 Å². The first kappa shape index (κ1) is 19.3. The summed E-state index contributed by atoms with van der Waals surface area (Å²) >= 11 is 0. The lowest BCUT2D eigenvalue weighted by atomic mass is 9.98. The van der Waals surface area contributed by atoms with Crippen molar-refractivity contribution in [1.82, 2.24) is 9.88 Å². The lowest BCUT2D eigenvalue weighted by Crippen LogP contribution is -2.43. The lowest BCUT2D eigenvalue weighted by molar-refractivity contribution is 0.0866. The Morgan fingerprint density at radius 2 is 1.72 bits per heavy atom. The smallest absolute Gasteiger partial charge is 0.410 e. The van der Waals surface area contributed by atoms with Crippen molar-refractivity contribution in [2.45, 2.75) is 44.2 Å². The molecule has 1 aliphatic carbocycles. The van der Waals surface area contributed by atoms with Gasteiger partial charge < -0.3 is 4.74 Å². The molecule has 2 bridgehead atoms. The Morgan fingerprint density at radius 3 is 2.38 bits per heavy atom. The molecule has 0 saturated carbocycles. The fourth-order valence-electron chi connectivity index (χ4n) is 5.63. The van der Waals surface area contributed by atoms with E-state index in [1.807, 2.05) is 11.1 Å². The van der Waals surface area contributed by atoms with Crippen molar-refractivity contribution in [2.75, 3.05) is 6.61 Å². The van der Waals surface area contributed by atoms with Gasteiger partial charge in [-0.05, 0) is 65.6 Å². The quantitative estimate of drug-likeness (QED) is 0.523. The van der Waals surface area contributed by atoms with Crippen LogP contribution in [0.3, 0.4) is 0 Å². The molecule has 1 amide bonds. The highest BCUT2D eigenvalue weighted by Gasteiger charge is 2.41. The summed E-state index contributed by atoms with van der Waals surface area (Å²) in [5.41, 5.74) is 8.43. The first-order chi connectivity index (χ1) is 15.7. The number of pyridine rings is 1. The Morgan fingerprint density at radius 1 is 1.00 bits per heavy atom. The van der Waals surface area contributed by atoms with Crippen LogP contribution in [-0.4, -0.2) is 34.7 Å². The zero-order valence-electron chi connectivity index (χ0n) is 18.2. The number of ether oxygens (including phenoxy) is 1. The van der Waals surface area contributed by atoms with Crippen molar-refractivity contribution >= 4 is 11.7 Å². The minimum atomic E-state index is -0.188. The van der Waals surface area contributed by atoms with Crippen molar-refractivity contribution in [3.63, 3.8) is 0 Å². The average Bonchev–Trinajstić information content (AvgIpc) is 3.29. The summed E-state index contributed by atoms with van der Waals surface area (Å²) < 4.78 is 5.96. The summed E-state index contributed by atoms with van der Waals surface area (Å²) in [7, 11) is 0. The molecule has 4 nitrogen and oxygen atoms in total. The van der Waals surface area contributed by atoms with Crippen LogP contribution in [0.4, 0.5) is 4.79 Å². The summed E-state index contributed by atoms with van der Waals surface area (Å²) in [6, 6.07) is 21.4. The Kier molecular flexibility index (Phi) is 4.60. The van der Waals surface area contributed by atoms with Gasteiger partial charge in [0, 0.05) is 18.2 Å². The van der Waals surface area contributed by atoms with Crippen LogP contribution in [-0.2, 0) is 4.74 Å². The molecule has 2 aliphatic heterocycles. The molecule has 1 saturated heterocycles. The maximum Gasteiger partial charge on any atom is 0.410 e. The molecule has 0 spiro atoms. The van der Waals surface area contributed by atoms with Crippen molar-refractivity contribution in [3.05, 3.63) is 95.3 Å². The second-order valence-corrected chi connectivity index (χ2v) is 9.13. The maximum atomic E-state index is 13.2. The maximum absolute atomic E-state index is 13.2. The molecule has 160 valence electrons. The number of fused-ring (bicyclic) bond motifs is 5. The van der Waals surface area contributed by atoms with E-state index in [0.717, 1.165) is 30.5 Å². The highest BCUT2D eigenvalue weighted by atomic mass is 16.6. The number of benzene rings is 2. The van der Waals surface area contributed by atoms with Crippen molar-refractivity contribution in [1.29, 1.82) is 0 Å². The Bertz CT molecular complexity index is 1170. The van der Waals surface area contributed by atoms with Gasteiger partial charge in [-0.25, -0.2) is 4.79 Å². The standard InChI is InChI=1S/C28H26N2O2/c1-18-10-13-27(29-16-18)19-14-20-11-12-21(15-19)30(20)28(31)32-17-26-24-8-4-2-6-22(24)23-7-3-5-9-25(23)26/h2-10,13-14,16,20-21,26H,11-12,15,17H2,1H3. The van der Waals surface area contributed by atoms with Gasteiger partial charge in [-0.3, -0.25) is 9.88 Å². The molecule has 1 aromatic heterocycles. The number of amides is 1. The van der Waals surface area contributed by atoms with Crippen LogP contribution < -0.4 is 0 Å². The molecule has 2 unspecified atom stereocenters. The van der Waals surface area contributed by atoms with Crippen LogP contribution in [0.5, 0.6) is 0 Å². The van der Waals surface area contributed by atoms with Crippen LogP contribution in [0.15, 0.2) is 72.9 Å². The Hall–Kier alpha value is -3.40. The van der Waals surface area contributed by atoms with Crippen LogP contribution in [0.1, 0.15) is 47.6 Å². The molecule has 3 aliphatic rings. The van der Waals surface area contributed by atoms with Gasteiger partial charge in [0.15, 0.2) is 0 Å². The highest BCUT2D eigenvalue weighted by Crippen LogP contribution is 2.45. The summed E-state index contributed by atoms with van der Waals surface area (Å²) in [5.74, 6) is 0.0941. The molecule has 6 rings (SSSR count). The molecule has 2 atom stereocenters. The van der Waals surface area contributed by atoms with E-state index in [1.165, 1.54) is 27.8 Å². The van der Waals surface area contributed by atoms with Gasteiger partial charge in [-0.15, -0.1) is 0 Å². The van der Waals surface area contributed by atoms with Crippen LogP contribution in [0.2, 0.25) is 0 Å². The average molecular weight is 423 g/mol. The third-order valence-corrected chi connectivity index (χ3v) is 7.18. The third-order valence-electron chi connectivity index (χ3n) is 7.18. The van der Waals surface area contributed by atoms with Gasteiger partial charge in [0.1, 0.15) is 6.61 Å². The molecule has 3 heterocycles. The summed E-state index contributed by atoms with van der Waals surface area (Å²) in [6.07, 6.45) is 6.80. The summed E-state index contributed by atoms with van der Waals surface area (Å²) in [4.78, 5) is 19.7. The molecular weight excluding hydrogens is 396 g/mol. The predicted octanol–water partition coefficient (Wildman–Crippen LogP) is 5.96. The summed E-state index contributed by atoms with van der Waals surface area (Å²) in [6.45, 7) is 2.42. The van der Waals surface area contributed by atoms with E-state index >= 15 is 0 Å². The molecule has 1 fully saturated rings. The molecule has 0 radical (unpaired) electrons. The van der Waals surface area contributed by atoms with Gasteiger partial charge in [-0.1, -0.05) is 60.7 Å². The predicted molar refractivity (Wildman–Crippen MR) is 125 cm³/mol. The van der Waals surface area contributed by atoms with E-state index in [-0.39, 0.29) is 24.1 Å². The number of nitrogens with zero attached hydrogens (tertiary/aromatic N) is 2. The van der Waals surface area contributed by atoms with E-state index in [1.54, 1.807) is 0 Å².